The molecule has 0 radical (unpaired) electrons. The van der Waals surface area contributed by atoms with Crippen LogP contribution >= 0.6 is 12.4 Å². The maximum Gasteiger partial charge on any atom is 0.408 e. The molecule has 396 valence electrons. The van der Waals surface area contributed by atoms with Gasteiger partial charge in [0.25, 0.3) is 23.6 Å². The van der Waals surface area contributed by atoms with Gasteiger partial charge in [0, 0.05) is 19.6 Å². The van der Waals surface area contributed by atoms with Crippen LogP contribution in [0, 0.1) is 0 Å². The summed E-state index contributed by atoms with van der Waals surface area (Å²) in [6, 6.07) is 30.9. The molecule has 0 aliphatic carbocycles. The smallest absolute Gasteiger partial charge is 0.408 e. The van der Waals surface area contributed by atoms with Crippen molar-refractivity contribution in [3.8, 4) is 0 Å². The molecular weight excluding hydrogens is 956 g/mol. The molecule has 7 amide bonds. The number of halogens is 1. The highest BCUT2D eigenvalue weighted by Crippen LogP contribution is 2.24. The second kappa shape index (κ2) is 34.3. The van der Waals surface area contributed by atoms with Gasteiger partial charge in [-0.05, 0) is 86.9 Å². The number of carboxylic acids is 1. The molecule has 2 aliphatic heterocycles. The summed E-state index contributed by atoms with van der Waals surface area (Å²) in [4.78, 5) is 98.6. The fourth-order valence-electron chi connectivity index (χ4n) is 7.54. The summed E-state index contributed by atoms with van der Waals surface area (Å²) in [5.41, 5.74) is 9.09. The zero-order valence-corrected chi connectivity index (χ0v) is 42.0. The standard InChI is InChI=1S/C27H33N3O5.C14H19NO4.C13H16N2O2.CH4.ClH/c1-2-3-16-23(29-27(34)35-19-20-12-6-4-7-13-20)24(31)28-17-10-5-11-18-30-25(32)21-14-8-9-15-22(21)26(30)33;1-2-3-9-12(13(16)17)15-14(18)19-10-11-7-5-4-6-8-11;14-8-4-1-5-9-15-12(16)10-6-2-3-7-11(10)13(15)17;;/h4,6-9,12-15,23H,2-3,5,10-11,16-19H2,1H3,(H,28,31)(H,29,34);4-8,12H,2-3,9-10H2,1H3,(H,15,18)(H,16,17);2-3,6-7H,1,4-5,8-9,14H2;1H4;1H. The Morgan fingerprint density at radius 2 is 0.904 bits per heavy atom. The first-order valence-corrected chi connectivity index (χ1v) is 24.4. The number of imide groups is 2. The molecule has 73 heavy (non-hydrogen) atoms. The van der Waals surface area contributed by atoms with E-state index in [1.165, 1.54) is 9.80 Å². The Balaban J connectivity index is 0.000000406. The van der Waals surface area contributed by atoms with Gasteiger partial charge in [0.2, 0.25) is 5.91 Å². The first-order valence-electron chi connectivity index (χ1n) is 24.4. The lowest BCUT2D eigenvalue weighted by atomic mass is 10.1. The van der Waals surface area contributed by atoms with E-state index in [-0.39, 0.29) is 62.6 Å². The van der Waals surface area contributed by atoms with Crippen molar-refractivity contribution in [1.82, 2.24) is 25.8 Å². The zero-order chi connectivity index (χ0) is 51.4. The summed E-state index contributed by atoms with van der Waals surface area (Å²) in [6.45, 7) is 6.21. The van der Waals surface area contributed by atoms with Gasteiger partial charge in [-0.2, -0.15) is 0 Å². The van der Waals surface area contributed by atoms with E-state index in [4.69, 9.17) is 20.3 Å². The second-order valence-electron chi connectivity index (χ2n) is 17.0. The first-order chi connectivity index (χ1) is 34.4. The number of hydrogen-bond acceptors (Lipinski definition) is 11. The summed E-state index contributed by atoms with van der Waals surface area (Å²) >= 11 is 0. The van der Waals surface area contributed by atoms with Crippen molar-refractivity contribution in [2.75, 3.05) is 26.2 Å². The van der Waals surface area contributed by atoms with Crippen molar-refractivity contribution in [1.29, 1.82) is 0 Å². The third-order valence-corrected chi connectivity index (χ3v) is 11.5. The van der Waals surface area contributed by atoms with E-state index in [2.05, 4.69) is 16.0 Å². The van der Waals surface area contributed by atoms with Crippen molar-refractivity contribution in [3.63, 3.8) is 0 Å². The lowest BCUT2D eigenvalue weighted by Gasteiger charge is -2.18. The van der Waals surface area contributed by atoms with Crippen molar-refractivity contribution >= 4 is 60.1 Å². The number of carbonyl (C=O) groups excluding carboxylic acids is 7. The molecule has 0 bridgehead atoms. The summed E-state index contributed by atoms with van der Waals surface area (Å²) < 4.78 is 10.2. The van der Waals surface area contributed by atoms with Crippen LogP contribution in [0.1, 0.15) is 151 Å². The van der Waals surface area contributed by atoms with Crippen LogP contribution in [-0.4, -0.2) is 101 Å². The SMILES string of the molecule is C.CCCCC(NC(=O)OCc1ccccc1)C(=O)NCCCCCN1C(=O)c2ccccc2C1=O.CCCCC(NC(=O)OCc1ccccc1)C(=O)O.Cl.NCCCCCN1C(=O)c2ccccc2C1=O. The summed E-state index contributed by atoms with van der Waals surface area (Å²) in [5, 5.41) is 16.9. The molecule has 4 aromatic carbocycles. The number of unbranched alkanes of at least 4 members (excludes halogenated alkanes) is 6. The summed E-state index contributed by atoms with van der Waals surface area (Å²) in [5.74, 6) is -2.11. The number of nitrogens with zero attached hydrogens (tertiary/aromatic N) is 2. The number of alkyl carbamates (subject to hydrolysis) is 2. The average Bonchev–Trinajstić information content (AvgIpc) is 3.78. The lowest BCUT2D eigenvalue weighted by molar-refractivity contribution is -0.139. The molecular formula is C55H73ClN6O11. The normalized spacial score (nSPS) is 12.8. The molecule has 6 rings (SSSR count). The number of hydrogen-bond donors (Lipinski definition) is 5. The maximum absolute atomic E-state index is 12.6. The number of carboxylic acid groups (broad SMARTS) is 1. The molecule has 6 N–H and O–H groups in total. The predicted octanol–water partition coefficient (Wildman–Crippen LogP) is 9.08. The maximum atomic E-state index is 12.6. The topological polar surface area (TPSA) is 244 Å². The number of rotatable bonds is 25. The van der Waals surface area contributed by atoms with Gasteiger partial charge in [-0.1, -0.05) is 138 Å². The number of aliphatic carboxylic acids is 1. The molecule has 0 saturated heterocycles. The fraction of sp³-hybridized carbons (Fsp3) is 0.418. The average molecular weight is 1030 g/mol. The van der Waals surface area contributed by atoms with Crippen LogP contribution in [0.5, 0.6) is 0 Å². The molecule has 2 heterocycles. The van der Waals surface area contributed by atoms with Gasteiger partial charge in [-0.3, -0.25) is 33.8 Å². The van der Waals surface area contributed by atoms with Crippen LogP contribution in [0.4, 0.5) is 9.59 Å². The zero-order valence-electron chi connectivity index (χ0n) is 41.2. The van der Waals surface area contributed by atoms with E-state index in [0.29, 0.717) is 74.1 Å². The Morgan fingerprint density at radius 3 is 1.29 bits per heavy atom. The summed E-state index contributed by atoms with van der Waals surface area (Å²) in [7, 11) is 0. The van der Waals surface area contributed by atoms with Crippen LogP contribution in [0.25, 0.3) is 0 Å². The molecule has 2 unspecified atom stereocenters. The van der Waals surface area contributed by atoms with Crippen LogP contribution < -0.4 is 21.7 Å². The van der Waals surface area contributed by atoms with Crippen molar-refractivity contribution in [3.05, 3.63) is 143 Å². The highest BCUT2D eigenvalue weighted by atomic mass is 35.5. The van der Waals surface area contributed by atoms with Crippen molar-refractivity contribution in [2.45, 2.75) is 124 Å². The number of fused-ring (bicyclic) bond motifs is 2. The van der Waals surface area contributed by atoms with Gasteiger partial charge in [0.15, 0.2) is 0 Å². The van der Waals surface area contributed by atoms with Gasteiger partial charge in [0.05, 0.1) is 22.3 Å². The molecule has 2 atom stereocenters. The second-order valence-corrected chi connectivity index (χ2v) is 17.0. The number of benzene rings is 4. The molecule has 0 saturated carbocycles. The quantitative estimate of drug-likeness (QED) is 0.0308. The van der Waals surface area contributed by atoms with Crippen LogP contribution in [0.3, 0.4) is 0 Å². The Bertz CT molecular complexity index is 2300. The van der Waals surface area contributed by atoms with E-state index in [1.807, 2.05) is 74.5 Å². The van der Waals surface area contributed by atoms with Crippen LogP contribution in [0.2, 0.25) is 0 Å². The molecule has 0 spiro atoms. The Labute approximate surface area is 435 Å². The van der Waals surface area contributed by atoms with Gasteiger partial charge in [-0.15, -0.1) is 12.4 Å². The minimum absolute atomic E-state index is 0. The Morgan fingerprint density at radius 1 is 0.534 bits per heavy atom. The molecule has 2 aliphatic rings. The van der Waals surface area contributed by atoms with Gasteiger partial charge >= 0.3 is 18.2 Å². The number of ether oxygens (including phenoxy) is 2. The monoisotopic (exact) mass is 1030 g/mol. The molecule has 17 nitrogen and oxygen atoms in total. The Kier molecular flexibility index (Phi) is 29.1. The lowest BCUT2D eigenvalue weighted by Crippen LogP contribution is -2.47. The van der Waals surface area contributed by atoms with Crippen LogP contribution in [0.15, 0.2) is 109 Å². The minimum atomic E-state index is -1.04. The van der Waals surface area contributed by atoms with E-state index in [0.717, 1.165) is 62.5 Å². The van der Waals surface area contributed by atoms with Gasteiger partial charge in [0.1, 0.15) is 25.3 Å². The predicted molar refractivity (Wildman–Crippen MR) is 281 cm³/mol. The van der Waals surface area contributed by atoms with E-state index in [9.17, 15) is 38.4 Å². The molecule has 0 fully saturated rings. The molecule has 4 aromatic rings. The number of nitrogens with two attached hydrogens (primary N) is 1. The minimum Gasteiger partial charge on any atom is -0.480 e. The largest absolute Gasteiger partial charge is 0.480 e. The van der Waals surface area contributed by atoms with Crippen molar-refractivity contribution in [2.24, 2.45) is 5.73 Å². The van der Waals surface area contributed by atoms with Crippen molar-refractivity contribution < 1.29 is 52.9 Å². The third-order valence-electron chi connectivity index (χ3n) is 11.5. The first kappa shape index (κ1) is 62.0. The molecule has 18 heteroatoms. The van der Waals surface area contributed by atoms with E-state index >= 15 is 0 Å². The van der Waals surface area contributed by atoms with Crippen LogP contribution in [-0.2, 0) is 32.3 Å². The van der Waals surface area contributed by atoms with E-state index in [1.54, 1.807) is 48.5 Å². The third kappa shape index (κ3) is 20.5. The number of carbonyl (C=O) groups is 8. The highest BCUT2D eigenvalue weighted by Gasteiger charge is 2.35. The highest BCUT2D eigenvalue weighted by molar-refractivity contribution is 6.22. The molecule has 0 aromatic heterocycles. The number of nitrogens with one attached hydrogen (secondary N) is 3. The van der Waals surface area contributed by atoms with Gasteiger partial charge < -0.3 is 36.3 Å². The van der Waals surface area contributed by atoms with E-state index < -0.39 is 30.2 Å². The summed E-state index contributed by atoms with van der Waals surface area (Å²) in [6.07, 6.45) is 7.77. The number of amides is 7. The Hall–Kier alpha value is -7.11. The fourth-order valence-corrected chi connectivity index (χ4v) is 7.54. The van der Waals surface area contributed by atoms with Gasteiger partial charge in [-0.25, -0.2) is 14.4 Å².